The molecule has 1 aliphatic heterocycles. The van der Waals surface area contributed by atoms with E-state index in [-0.39, 0.29) is 11.8 Å². The quantitative estimate of drug-likeness (QED) is 0.679. The molecule has 0 aromatic heterocycles. The summed E-state index contributed by atoms with van der Waals surface area (Å²) in [5.74, 6) is -1.24. The minimum absolute atomic E-state index is 0.192. The Kier molecular flexibility index (Phi) is 3.98. The lowest BCUT2D eigenvalue weighted by Gasteiger charge is -2.16. The second-order valence-corrected chi connectivity index (χ2v) is 4.90. The largest absolute Gasteiger partial charge is 0.312 e. The molecule has 18 heavy (non-hydrogen) atoms. The van der Waals surface area contributed by atoms with Crippen molar-refractivity contribution < 1.29 is 14.4 Å². The topological polar surface area (TPSA) is 58.6 Å². The van der Waals surface area contributed by atoms with E-state index in [1.54, 1.807) is 4.90 Å². The number of rotatable bonds is 3. The number of nitrogens with one attached hydrogen (secondary N) is 1. The van der Waals surface area contributed by atoms with Gasteiger partial charge < -0.3 is 4.90 Å². The highest BCUT2D eigenvalue weighted by atomic mass is 79.9. The predicted molar refractivity (Wildman–Crippen MR) is 69.8 cm³/mol. The average Bonchev–Trinajstić information content (AvgIpc) is 2.71. The van der Waals surface area contributed by atoms with Crippen molar-refractivity contribution in [3.8, 4) is 0 Å². The summed E-state index contributed by atoms with van der Waals surface area (Å²) in [4.78, 5) is 29.9. The molecule has 0 saturated carbocycles. The average molecular weight is 313 g/mol. The molecular formula is C12H13BrN2O3. The zero-order chi connectivity index (χ0) is 13.1. The van der Waals surface area contributed by atoms with E-state index in [2.05, 4.69) is 26.2 Å². The maximum absolute atomic E-state index is 12.1. The highest BCUT2D eigenvalue weighted by molar-refractivity contribution is 9.10. The molecule has 2 rings (SSSR count). The first kappa shape index (κ1) is 13.0. The Morgan fingerprint density at radius 2 is 2.33 bits per heavy atom. The van der Waals surface area contributed by atoms with E-state index in [4.69, 9.17) is 0 Å². The van der Waals surface area contributed by atoms with Crippen molar-refractivity contribution in [2.75, 3.05) is 18.6 Å². The molecule has 1 heterocycles. The highest BCUT2D eigenvalue weighted by Crippen LogP contribution is 2.27. The molecule has 6 heteroatoms. The standard InChI is InChI=1S/C12H13BrN2O3/c1-18-14-11(16)10-5-6-15(12(10)17)9-4-2-3-8(13)7-9/h2-4,7,10H,5-6H2,1H3,(H,14,16)/t10-/m1/s1. The Balaban J connectivity index is 2.14. The van der Waals surface area contributed by atoms with Gasteiger partial charge in [-0.3, -0.25) is 14.4 Å². The van der Waals surface area contributed by atoms with Crippen LogP contribution in [0.25, 0.3) is 0 Å². The zero-order valence-corrected chi connectivity index (χ0v) is 11.4. The summed E-state index contributed by atoms with van der Waals surface area (Å²) < 4.78 is 0.901. The molecular weight excluding hydrogens is 300 g/mol. The maximum Gasteiger partial charge on any atom is 0.256 e. The first-order valence-corrected chi connectivity index (χ1v) is 6.32. The van der Waals surface area contributed by atoms with Gasteiger partial charge in [-0.2, -0.15) is 0 Å². The lowest BCUT2D eigenvalue weighted by molar-refractivity contribution is -0.139. The van der Waals surface area contributed by atoms with Crippen LogP contribution in [0.4, 0.5) is 5.69 Å². The third-order valence-electron chi connectivity index (χ3n) is 2.84. The molecule has 1 N–H and O–H groups in total. The van der Waals surface area contributed by atoms with Gasteiger partial charge in [0.15, 0.2) is 0 Å². The Hall–Kier alpha value is -1.40. The van der Waals surface area contributed by atoms with Crippen LogP contribution in [0, 0.1) is 5.92 Å². The van der Waals surface area contributed by atoms with Gasteiger partial charge in [-0.05, 0) is 24.6 Å². The van der Waals surface area contributed by atoms with Gasteiger partial charge in [-0.15, -0.1) is 0 Å². The van der Waals surface area contributed by atoms with Crippen molar-refractivity contribution in [2.24, 2.45) is 5.92 Å². The van der Waals surface area contributed by atoms with E-state index in [1.807, 2.05) is 24.3 Å². The molecule has 1 atom stereocenters. The predicted octanol–water partition coefficient (Wildman–Crippen LogP) is 1.48. The van der Waals surface area contributed by atoms with Crippen molar-refractivity contribution in [3.63, 3.8) is 0 Å². The number of hydroxylamine groups is 1. The Morgan fingerprint density at radius 1 is 1.56 bits per heavy atom. The minimum Gasteiger partial charge on any atom is -0.312 e. The van der Waals surface area contributed by atoms with Crippen LogP contribution >= 0.6 is 15.9 Å². The molecule has 1 aromatic carbocycles. The SMILES string of the molecule is CONC(=O)[C@H]1CCN(c2cccc(Br)c2)C1=O. The van der Waals surface area contributed by atoms with Gasteiger partial charge in [0.1, 0.15) is 5.92 Å². The number of carbonyl (C=O) groups is 2. The first-order valence-electron chi connectivity index (χ1n) is 5.53. The van der Waals surface area contributed by atoms with Crippen LogP contribution in [0.15, 0.2) is 28.7 Å². The van der Waals surface area contributed by atoms with E-state index in [9.17, 15) is 9.59 Å². The van der Waals surface area contributed by atoms with Crippen molar-refractivity contribution in [3.05, 3.63) is 28.7 Å². The van der Waals surface area contributed by atoms with Crippen LogP contribution in [0.5, 0.6) is 0 Å². The molecule has 1 fully saturated rings. The van der Waals surface area contributed by atoms with Gasteiger partial charge in [0.05, 0.1) is 7.11 Å². The van der Waals surface area contributed by atoms with Crippen LogP contribution < -0.4 is 10.4 Å². The van der Waals surface area contributed by atoms with Crippen LogP contribution in [-0.4, -0.2) is 25.5 Å². The van der Waals surface area contributed by atoms with Crippen LogP contribution in [0.2, 0.25) is 0 Å². The number of carbonyl (C=O) groups excluding carboxylic acids is 2. The van der Waals surface area contributed by atoms with Gasteiger partial charge in [0.2, 0.25) is 5.91 Å². The summed E-state index contributed by atoms with van der Waals surface area (Å²) in [6.45, 7) is 0.539. The normalized spacial score (nSPS) is 19.1. The summed E-state index contributed by atoms with van der Waals surface area (Å²) in [5.41, 5.74) is 3.00. The van der Waals surface area contributed by atoms with Gasteiger partial charge in [-0.1, -0.05) is 22.0 Å². The number of nitrogens with zero attached hydrogens (tertiary/aromatic N) is 1. The molecule has 2 amide bonds. The zero-order valence-electron chi connectivity index (χ0n) is 9.85. The monoisotopic (exact) mass is 312 g/mol. The third-order valence-corrected chi connectivity index (χ3v) is 3.34. The third kappa shape index (κ3) is 2.54. The molecule has 0 radical (unpaired) electrons. The lowest BCUT2D eigenvalue weighted by atomic mass is 10.1. The van der Waals surface area contributed by atoms with E-state index in [1.165, 1.54) is 7.11 Å². The fourth-order valence-electron chi connectivity index (χ4n) is 2.00. The minimum atomic E-state index is -0.663. The van der Waals surface area contributed by atoms with E-state index < -0.39 is 5.92 Å². The Morgan fingerprint density at radius 3 is 3.00 bits per heavy atom. The molecule has 0 aliphatic carbocycles. The molecule has 0 spiro atoms. The lowest BCUT2D eigenvalue weighted by Crippen LogP contribution is -2.36. The molecule has 1 aliphatic rings. The summed E-state index contributed by atoms with van der Waals surface area (Å²) in [6, 6.07) is 7.45. The van der Waals surface area contributed by atoms with Crippen molar-refractivity contribution in [2.45, 2.75) is 6.42 Å². The van der Waals surface area contributed by atoms with Gasteiger partial charge in [0.25, 0.3) is 5.91 Å². The fourth-order valence-corrected chi connectivity index (χ4v) is 2.38. The molecule has 1 aromatic rings. The molecule has 1 saturated heterocycles. The Labute approximate surface area is 113 Å². The molecule has 5 nitrogen and oxygen atoms in total. The molecule has 0 unspecified atom stereocenters. The van der Waals surface area contributed by atoms with Crippen LogP contribution in [-0.2, 0) is 14.4 Å². The number of benzene rings is 1. The van der Waals surface area contributed by atoms with E-state index in [0.717, 1.165) is 10.2 Å². The van der Waals surface area contributed by atoms with Crippen molar-refractivity contribution in [1.82, 2.24) is 5.48 Å². The number of amides is 2. The van der Waals surface area contributed by atoms with E-state index in [0.29, 0.717) is 13.0 Å². The van der Waals surface area contributed by atoms with Crippen molar-refractivity contribution in [1.29, 1.82) is 0 Å². The second kappa shape index (κ2) is 5.49. The van der Waals surface area contributed by atoms with Gasteiger partial charge >= 0.3 is 0 Å². The summed E-state index contributed by atoms with van der Waals surface area (Å²) in [5, 5.41) is 0. The number of halogens is 1. The summed E-state index contributed by atoms with van der Waals surface area (Å²) >= 11 is 3.36. The van der Waals surface area contributed by atoms with Gasteiger partial charge in [-0.25, -0.2) is 5.48 Å². The van der Waals surface area contributed by atoms with E-state index >= 15 is 0 Å². The number of anilines is 1. The molecule has 96 valence electrons. The Bertz CT molecular complexity index is 478. The highest BCUT2D eigenvalue weighted by Gasteiger charge is 2.37. The van der Waals surface area contributed by atoms with Crippen LogP contribution in [0.1, 0.15) is 6.42 Å². The number of hydrogen-bond donors (Lipinski definition) is 1. The number of hydrogen-bond acceptors (Lipinski definition) is 3. The summed E-state index contributed by atoms with van der Waals surface area (Å²) in [6.07, 6.45) is 0.501. The van der Waals surface area contributed by atoms with Crippen LogP contribution in [0.3, 0.4) is 0 Å². The second-order valence-electron chi connectivity index (χ2n) is 3.98. The van der Waals surface area contributed by atoms with Crippen molar-refractivity contribution >= 4 is 33.4 Å². The molecule has 0 bridgehead atoms. The maximum atomic E-state index is 12.1. The smallest absolute Gasteiger partial charge is 0.256 e. The fraction of sp³-hybridized carbons (Fsp3) is 0.333. The van der Waals surface area contributed by atoms with Gasteiger partial charge in [0, 0.05) is 16.7 Å². The first-order chi connectivity index (χ1) is 8.63. The summed E-state index contributed by atoms with van der Waals surface area (Å²) in [7, 11) is 1.35.